The van der Waals surface area contributed by atoms with Crippen LogP contribution in [0.25, 0.3) is 0 Å². The third-order valence-electron chi connectivity index (χ3n) is 4.50. The van der Waals surface area contributed by atoms with E-state index < -0.39 is 6.10 Å². The van der Waals surface area contributed by atoms with E-state index >= 15 is 0 Å². The van der Waals surface area contributed by atoms with Gasteiger partial charge in [-0.1, -0.05) is 26.0 Å². The molecule has 1 aromatic carbocycles. The lowest BCUT2D eigenvalue weighted by atomic mass is 9.85. The molecule has 130 valence electrons. The lowest BCUT2D eigenvalue weighted by molar-refractivity contribution is -0.141. The topological polar surface area (TPSA) is 49.8 Å². The van der Waals surface area contributed by atoms with Crippen LogP contribution < -0.4 is 4.74 Å². The first-order valence-electron chi connectivity index (χ1n) is 8.34. The summed E-state index contributed by atoms with van der Waals surface area (Å²) < 4.78 is 5.14. The number of hydrogen-bond acceptors (Lipinski definition) is 3. The van der Waals surface area contributed by atoms with Crippen LogP contribution >= 0.6 is 0 Å². The Hall–Kier alpha value is -1.55. The van der Waals surface area contributed by atoms with Gasteiger partial charge in [-0.25, -0.2) is 0 Å². The molecule has 4 heteroatoms. The fourth-order valence-electron chi connectivity index (χ4n) is 2.94. The fourth-order valence-corrected chi connectivity index (χ4v) is 2.94. The number of amides is 1. The number of aliphatic hydroxyl groups is 1. The average molecular weight is 321 g/mol. The number of rotatable bonds is 7. The Kier molecular flexibility index (Phi) is 7.07. The van der Waals surface area contributed by atoms with Crippen LogP contribution in [0.1, 0.15) is 53.2 Å². The zero-order chi connectivity index (χ0) is 17.7. The van der Waals surface area contributed by atoms with Gasteiger partial charge in [0.15, 0.2) is 0 Å². The molecule has 1 aromatic rings. The lowest BCUT2D eigenvalue weighted by Crippen LogP contribution is -2.46. The highest BCUT2D eigenvalue weighted by molar-refractivity contribution is 5.79. The molecule has 1 amide bonds. The van der Waals surface area contributed by atoms with E-state index in [4.69, 9.17) is 4.74 Å². The molecule has 23 heavy (non-hydrogen) atoms. The molecule has 3 atom stereocenters. The third kappa shape index (κ3) is 4.71. The van der Waals surface area contributed by atoms with Crippen molar-refractivity contribution in [2.24, 2.45) is 11.8 Å². The maximum absolute atomic E-state index is 12.8. The number of nitrogens with zero attached hydrogens (tertiary/aromatic N) is 1. The van der Waals surface area contributed by atoms with E-state index in [0.717, 1.165) is 11.3 Å². The summed E-state index contributed by atoms with van der Waals surface area (Å²) in [5, 5.41) is 10.6. The first kappa shape index (κ1) is 19.5. The van der Waals surface area contributed by atoms with E-state index in [9.17, 15) is 9.90 Å². The van der Waals surface area contributed by atoms with Crippen LogP contribution in [0.4, 0.5) is 0 Å². The van der Waals surface area contributed by atoms with Crippen LogP contribution in [-0.4, -0.2) is 35.1 Å². The van der Waals surface area contributed by atoms with E-state index in [1.54, 1.807) is 7.11 Å². The predicted octanol–water partition coefficient (Wildman–Crippen LogP) is 3.65. The van der Waals surface area contributed by atoms with Crippen LogP contribution in [0.2, 0.25) is 0 Å². The van der Waals surface area contributed by atoms with E-state index in [1.807, 2.05) is 70.7 Å². The summed E-state index contributed by atoms with van der Waals surface area (Å²) in [6.07, 6.45) is -0.680. The van der Waals surface area contributed by atoms with Crippen molar-refractivity contribution in [2.75, 3.05) is 7.11 Å². The summed E-state index contributed by atoms with van der Waals surface area (Å²) >= 11 is 0. The highest BCUT2D eigenvalue weighted by Gasteiger charge is 2.32. The van der Waals surface area contributed by atoms with E-state index in [2.05, 4.69) is 0 Å². The smallest absolute Gasteiger partial charge is 0.226 e. The first-order valence-corrected chi connectivity index (χ1v) is 8.34. The molecule has 0 fully saturated rings. The maximum Gasteiger partial charge on any atom is 0.226 e. The Bertz CT molecular complexity index is 488. The van der Waals surface area contributed by atoms with Gasteiger partial charge in [0.25, 0.3) is 0 Å². The highest BCUT2D eigenvalue weighted by Crippen LogP contribution is 2.30. The SMILES string of the molecule is COc1ccc([C@@H](O)[C@@H](C)[C@@H](C)C(=O)N(C(C)C)C(C)C)cc1. The molecule has 1 N–H and O–H groups in total. The predicted molar refractivity (Wildman–Crippen MR) is 93.4 cm³/mol. The van der Waals surface area contributed by atoms with Gasteiger partial charge in [-0.3, -0.25) is 4.79 Å². The molecule has 4 nitrogen and oxygen atoms in total. The quantitative estimate of drug-likeness (QED) is 0.834. The average Bonchev–Trinajstić information content (AvgIpc) is 2.52. The zero-order valence-electron chi connectivity index (χ0n) is 15.4. The van der Waals surface area contributed by atoms with Gasteiger partial charge >= 0.3 is 0 Å². The van der Waals surface area contributed by atoms with Crippen LogP contribution in [0.3, 0.4) is 0 Å². The summed E-state index contributed by atoms with van der Waals surface area (Å²) in [5.41, 5.74) is 0.804. The summed E-state index contributed by atoms with van der Waals surface area (Å²) in [5.74, 6) is 0.423. The molecular weight excluding hydrogens is 290 g/mol. The van der Waals surface area contributed by atoms with Crippen molar-refractivity contribution in [2.45, 2.75) is 59.7 Å². The minimum absolute atomic E-state index is 0.0926. The molecule has 0 aromatic heterocycles. The minimum Gasteiger partial charge on any atom is -0.497 e. The highest BCUT2D eigenvalue weighted by atomic mass is 16.5. The minimum atomic E-state index is -0.680. The van der Waals surface area contributed by atoms with Crippen molar-refractivity contribution in [3.05, 3.63) is 29.8 Å². The van der Waals surface area contributed by atoms with Crippen molar-refractivity contribution >= 4 is 5.91 Å². The molecule has 0 saturated heterocycles. The molecule has 0 saturated carbocycles. The first-order chi connectivity index (χ1) is 10.7. The van der Waals surface area contributed by atoms with E-state index in [-0.39, 0.29) is 29.8 Å². The van der Waals surface area contributed by atoms with Gasteiger partial charge in [-0.05, 0) is 51.3 Å². The van der Waals surface area contributed by atoms with Crippen molar-refractivity contribution in [3.8, 4) is 5.75 Å². The normalized spacial score (nSPS) is 15.4. The second-order valence-electron chi connectivity index (χ2n) is 6.80. The van der Waals surface area contributed by atoms with E-state index in [1.165, 1.54) is 0 Å². The molecule has 0 radical (unpaired) electrons. The van der Waals surface area contributed by atoms with Crippen LogP contribution in [-0.2, 0) is 4.79 Å². The van der Waals surface area contributed by atoms with Crippen molar-refractivity contribution in [1.82, 2.24) is 4.90 Å². The Morgan fingerprint density at radius 3 is 1.87 bits per heavy atom. The molecule has 0 aliphatic rings. The zero-order valence-corrected chi connectivity index (χ0v) is 15.4. The number of methoxy groups -OCH3 is 1. The second-order valence-corrected chi connectivity index (χ2v) is 6.80. The molecule has 0 heterocycles. The number of benzene rings is 1. The number of ether oxygens (including phenoxy) is 1. The van der Waals surface area contributed by atoms with Crippen LogP contribution in [0, 0.1) is 11.8 Å². The van der Waals surface area contributed by atoms with Crippen molar-refractivity contribution < 1.29 is 14.6 Å². The van der Waals surface area contributed by atoms with Gasteiger partial charge in [0.2, 0.25) is 5.91 Å². The Balaban J connectivity index is 2.88. The number of carbonyl (C=O) groups is 1. The van der Waals surface area contributed by atoms with Crippen molar-refractivity contribution in [1.29, 1.82) is 0 Å². The molecule has 0 aliphatic carbocycles. The van der Waals surface area contributed by atoms with Gasteiger partial charge in [-0.2, -0.15) is 0 Å². The van der Waals surface area contributed by atoms with Crippen LogP contribution in [0.15, 0.2) is 24.3 Å². The molecule has 0 bridgehead atoms. The van der Waals surface area contributed by atoms with Crippen molar-refractivity contribution in [3.63, 3.8) is 0 Å². The maximum atomic E-state index is 12.8. The van der Waals surface area contributed by atoms with Crippen LogP contribution in [0.5, 0.6) is 5.75 Å². The molecule has 0 aliphatic heterocycles. The van der Waals surface area contributed by atoms with Gasteiger partial charge in [0.1, 0.15) is 5.75 Å². The largest absolute Gasteiger partial charge is 0.497 e. The third-order valence-corrected chi connectivity index (χ3v) is 4.50. The fraction of sp³-hybridized carbons (Fsp3) is 0.632. The number of aliphatic hydroxyl groups excluding tert-OH is 1. The molecule has 1 rings (SSSR count). The van der Waals surface area contributed by atoms with Gasteiger partial charge < -0.3 is 14.7 Å². The molecular formula is C19H31NO3. The molecule has 0 unspecified atom stereocenters. The Morgan fingerprint density at radius 2 is 1.48 bits per heavy atom. The lowest BCUT2D eigenvalue weighted by Gasteiger charge is -2.35. The standard InChI is InChI=1S/C19H31NO3/c1-12(2)20(13(3)4)19(22)15(6)14(5)18(21)16-8-10-17(23-7)11-9-16/h8-15,18,21H,1-7H3/t14-,15+,18-/m0/s1. The summed E-state index contributed by atoms with van der Waals surface area (Å²) in [7, 11) is 1.61. The Morgan fingerprint density at radius 1 is 1.00 bits per heavy atom. The Labute approximate surface area is 140 Å². The second kappa shape index (κ2) is 8.34. The summed E-state index contributed by atoms with van der Waals surface area (Å²) in [4.78, 5) is 14.7. The van der Waals surface area contributed by atoms with Gasteiger partial charge in [0.05, 0.1) is 13.2 Å². The monoisotopic (exact) mass is 321 g/mol. The molecule has 0 spiro atoms. The van der Waals surface area contributed by atoms with E-state index in [0.29, 0.717) is 0 Å². The number of carbonyl (C=O) groups excluding carboxylic acids is 1. The van der Waals surface area contributed by atoms with Gasteiger partial charge in [-0.15, -0.1) is 0 Å². The summed E-state index contributed by atoms with van der Waals surface area (Å²) in [6, 6.07) is 7.64. The summed E-state index contributed by atoms with van der Waals surface area (Å²) in [6.45, 7) is 11.9. The number of hydrogen-bond donors (Lipinski definition) is 1. The van der Waals surface area contributed by atoms with Gasteiger partial charge in [0, 0.05) is 18.0 Å².